The summed E-state index contributed by atoms with van der Waals surface area (Å²) in [5, 5.41) is 9.93. The molecule has 0 spiro atoms. The van der Waals surface area contributed by atoms with E-state index >= 15 is 0 Å². The van der Waals surface area contributed by atoms with Gasteiger partial charge in [-0.25, -0.2) is 9.97 Å². The van der Waals surface area contributed by atoms with Crippen molar-refractivity contribution in [2.75, 3.05) is 0 Å². The lowest BCUT2D eigenvalue weighted by Gasteiger charge is -2.15. The summed E-state index contributed by atoms with van der Waals surface area (Å²) in [5.41, 5.74) is 18.9. The van der Waals surface area contributed by atoms with Crippen LogP contribution in [0.2, 0.25) is 0 Å². The maximum atomic E-state index is 6.45. The number of hydrogen-bond donors (Lipinski definition) is 1. The highest BCUT2D eigenvalue weighted by molar-refractivity contribution is 6.12. The van der Waals surface area contributed by atoms with Gasteiger partial charge in [-0.2, -0.15) is 4.98 Å². The number of benzene rings is 6. The van der Waals surface area contributed by atoms with Crippen molar-refractivity contribution >= 4 is 60.2 Å². The van der Waals surface area contributed by atoms with Crippen LogP contribution in [0.5, 0.6) is 0 Å². The van der Waals surface area contributed by atoms with Crippen LogP contribution in [0.25, 0.3) is 145 Å². The zero-order chi connectivity index (χ0) is 57.8. The molecule has 6 aromatic carbocycles. The number of oxazole rings is 1. The number of aromatic nitrogens is 9. The second-order valence-electron chi connectivity index (χ2n) is 21.2. The van der Waals surface area contributed by atoms with Gasteiger partial charge in [-0.05, 0) is 127 Å². The lowest BCUT2D eigenvalue weighted by Crippen LogP contribution is -2.18. The van der Waals surface area contributed by atoms with Gasteiger partial charge in [-0.3, -0.25) is 29.1 Å². The number of fused-ring (bicyclic) bond motifs is 7. The summed E-state index contributed by atoms with van der Waals surface area (Å²) in [6.45, 7) is 8.03. The number of ether oxygens (including phenoxy) is 1. The van der Waals surface area contributed by atoms with Crippen LogP contribution in [-0.2, 0) is 4.74 Å². The maximum absolute atomic E-state index is 6.45. The molecule has 1 unspecified atom stereocenters. The van der Waals surface area contributed by atoms with Crippen molar-refractivity contribution in [3.05, 3.63) is 261 Å². The van der Waals surface area contributed by atoms with Crippen LogP contribution in [0.1, 0.15) is 37.0 Å². The van der Waals surface area contributed by atoms with Gasteiger partial charge in [0, 0.05) is 91.1 Å². The van der Waals surface area contributed by atoms with Crippen molar-refractivity contribution in [3.8, 4) is 84.8 Å². The molecular formula is C74H54N10O2. The fourth-order valence-electron chi connectivity index (χ4n) is 11.9. The molecule has 0 radical (unpaired) electrons. The molecule has 0 amide bonds. The molecule has 0 saturated heterocycles. The molecule has 1 N–H and O–H groups in total. The summed E-state index contributed by atoms with van der Waals surface area (Å²) in [6.07, 6.45) is 10.7. The lowest BCUT2D eigenvalue weighted by atomic mass is 10.0. The molecule has 9 aromatic heterocycles. The molecule has 1 aliphatic rings. The first kappa shape index (κ1) is 51.5. The highest BCUT2D eigenvalue weighted by atomic mass is 16.5. The van der Waals surface area contributed by atoms with Gasteiger partial charge >= 0.3 is 0 Å². The van der Waals surface area contributed by atoms with E-state index in [4.69, 9.17) is 44.0 Å². The van der Waals surface area contributed by atoms with Crippen molar-refractivity contribution in [1.29, 1.82) is 0 Å². The number of aryl methyl sites for hydroxylation is 2. The average Bonchev–Trinajstić information content (AvgIpc) is 2.65. The van der Waals surface area contributed by atoms with Crippen molar-refractivity contribution in [3.63, 3.8) is 0 Å². The smallest absolute Gasteiger partial charge is 0.228 e. The molecule has 15 aromatic rings. The Morgan fingerprint density at radius 2 is 0.953 bits per heavy atom. The van der Waals surface area contributed by atoms with Crippen molar-refractivity contribution in [2.24, 2.45) is 0 Å². The molecule has 0 fully saturated rings. The van der Waals surface area contributed by atoms with Crippen LogP contribution in [-0.4, -0.2) is 44.0 Å². The summed E-state index contributed by atoms with van der Waals surface area (Å²) in [7, 11) is 0. The normalized spacial score (nSPS) is 13.0. The highest BCUT2D eigenvalue weighted by Gasteiger charge is 2.26. The number of pyridine rings is 6. The molecular weight excluding hydrogens is 1060 g/mol. The topological polar surface area (TPSA) is 134 Å². The van der Waals surface area contributed by atoms with Gasteiger partial charge in [0.05, 0.1) is 56.2 Å². The minimum atomic E-state index is -0.422. The zero-order valence-corrected chi connectivity index (χ0v) is 47.5. The maximum Gasteiger partial charge on any atom is 0.228 e. The van der Waals surface area contributed by atoms with E-state index in [1.807, 2.05) is 132 Å². The number of nitrogens with zero attached hydrogens (tertiary/aromatic N) is 9. The van der Waals surface area contributed by atoms with Crippen molar-refractivity contribution < 1.29 is 9.15 Å². The lowest BCUT2D eigenvalue weighted by molar-refractivity contribution is 0.155. The van der Waals surface area contributed by atoms with E-state index in [0.717, 1.165) is 150 Å². The molecule has 10 heterocycles. The second kappa shape index (κ2) is 21.4. The Labute approximate surface area is 495 Å². The quantitative estimate of drug-likeness (QED) is 0.141. The molecule has 12 nitrogen and oxygen atoms in total. The largest absolute Gasteiger partial charge is 0.470 e. The van der Waals surface area contributed by atoms with E-state index < -0.39 is 6.23 Å². The monoisotopic (exact) mass is 1110 g/mol. The zero-order valence-electron chi connectivity index (χ0n) is 47.5. The molecule has 12 heteroatoms. The number of nitrogens with one attached hydrogen (secondary N) is 1. The molecule has 16 rings (SSSR count). The van der Waals surface area contributed by atoms with Gasteiger partial charge in [-0.15, -0.1) is 0 Å². The molecule has 0 aliphatic carbocycles. The minimum Gasteiger partial charge on any atom is -0.470 e. The number of hydrogen-bond acceptors (Lipinski definition) is 10. The Morgan fingerprint density at radius 1 is 0.419 bits per heavy atom. The Balaban J connectivity index is 0.00000309. The Morgan fingerprint density at radius 3 is 1.56 bits per heavy atom. The summed E-state index contributed by atoms with van der Waals surface area (Å²) in [5.74, 6) is 2.02. The van der Waals surface area contributed by atoms with Gasteiger partial charge in [0.2, 0.25) is 5.89 Å². The summed E-state index contributed by atoms with van der Waals surface area (Å²) >= 11 is 0. The fourth-order valence-corrected chi connectivity index (χ4v) is 11.9. The van der Waals surface area contributed by atoms with Gasteiger partial charge in [-0.1, -0.05) is 129 Å². The van der Waals surface area contributed by atoms with Crippen LogP contribution in [0.4, 0.5) is 0 Å². The van der Waals surface area contributed by atoms with E-state index in [1.54, 1.807) is 6.26 Å². The standard InChI is InChI=1S/C72H48N10O2.C2H6/c1-43-33-65-57(39-75-43)55-37-49(59-19-9-21-61(77-59)69-53(17-11-31-73-69)45-13-5-3-6-14-45)27-29-63(55)81(65)67-41-83-71(79-67)51-25-23-48-36-52(26-24-47(48)35-51)72-80-68(42-84-72)82-64-30-28-50(38-56(64)58-40-76-44(2)34-66(58)82)60-20-10-22-62(78-60)70-54(18-12-32-74-70)46-15-7-4-8-16-46;1-2/h3-42,71,79H,1-2H3;1-2H3. The third-order valence-electron chi connectivity index (χ3n) is 15.9. The summed E-state index contributed by atoms with van der Waals surface area (Å²) in [4.78, 5) is 34.6. The second-order valence-corrected chi connectivity index (χ2v) is 21.2. The van der Waals surface area contributed by atoms with Gasteiger partial charge in [0.25, 0.3) is 0 Å². The Kier molecular flexibility index (Phi) is 12.8. The van der Waals surface area contributed by atoms with Crippen LogP contribution >= 0.6 is 0 Å². The SMILES string of the molecule is CC.Cc1cc2c(cn1)c1cc(-c3cccc(-c4ncccc4-c4ccccc4)n3)ccc1n2C1=COC(c2ccc3cc(-c4nc(-n5c6ccc(-c7cccc(-c8ncccc8-c8ccccc8)n7)cc6c6cnc(C)cc65)co4)ccc3c2)N1. The Bertz CT molecular complexity index is 5140. The minimum absolute atomic E-state index is 0.422. The molecule has 0 saturated carbocycles. The molecule has 86 heavy (non-hydrogen) atoms. The third-order valence-corrected chi connectivity index (χ3v) is 15.9. The first-order valence-corrected chi connectivity index (χ1v) is 28.8. The van der Waals surface area contributed by atoms with Crippen molar-refractivity contribution in [1.82, 2.24) is 49.3 Å². The Hall–Kier alpha value is -11.4. The molecule has 0 bridgehead atoms. The first-order valence-electron chi connectivity index (χ1n) is 28.8. The summed E-state index contributed by atoms with van der Waals surface area (Å²) in [6, 6.07) is 70.9. The van der Waals surface area contributed by atoms with Crippen LogP contribution in [0.3, 0.4) is 0 Å². The summed E-state index contributed by atoms with van der Waals surface area (Å²) < 4.78 is 17.1. The molecule has 412 valence electrons. The third kappa shape index (κ3) is 9.08. The van der Waals surface area contributed by atoms with Gasteiger partial charge in [0.1, 0.15) is 18.3 Å². The van der Waals surface area contributed by atoms with Crippen LogP contribution in [0.15, 0.2) is 248 Å². The van der Waals surface area contributed by atoms with Crippen LogP contribution in [0, 0.1) is 13.8 Å². The predicted molar refractivity (Wildman–Crippen MR) is 345 cm³/mol. The van der Waals surface area contributed by atoms with E-state index in [2.05, 4.69) is 148 Å². The van der Waals surface area contributed by atoms with Gasteiger partial charge < -0.3 is 14.5 Å². The van der Waals surface area contributed by atoms with E-state index in [0.29, 0.717) is 11.7 Å². The predicted octanol–water partition coefficient (Wildman–Crippen LogP) is 17.8. The molecule has 1 aliphatic heterocycles. The first-order chi connectivity index (χ1) is 42.4. The van der Waals surface area contributed by atoms with Crippen molar-refractivity contribution in [2.45, 2.75) is 33.9 Å². The van der Waals surface area contributed by atoms with Gasteiger partial charge in [0.15, 0.2) is 12.0 Å². The van der Waals surface area contributed by atoms with E-state index in [-0.39, 0.29) is 0 Å². The average molecular weight is 1120 g/mol. The van der Waals surface area contributed by atoms with E-state index in [1.165, 1.54) is 0 Å². The fraction of sp³-hybridized carbons (Fsp3) is 0.0676. The molecule has 1 atom stereocenters. The van der Waals surface area contributed by atoms with E-state index in [9.17, 15) is 0 Å². The number of rotatable bonds is 10. The van der Waals surface area contributed by atoms with Crippen LogP contribution < -0.4 is 5.32 Å². The highest BCUT2D eigenvalue weighted by Crippen LogP contribution is 2.40.